The fourth-order valence-corrected chi connectivity index (χ4v) is 4.74. The molecular weight excluding hydrogens is 430 g/mol. The van der Waals surface area contributed by atoms with Crippen LogP contribution in [0.25, 0.3) is 11.0 Å². The number of unbranched alkanes of at least 4 members (excludes halogenated alkanes) is 1. The van der Waals surface area contributed by atoms with Crippen LogP contribution in [-0.4, -0.2) is 44.6 Å². The Kier molecular flexibility index (Phi) is 9.27. The number of furan rings is 1. The topological polar surface area (TPSA) is 118 Å². The van der Waals surface area contributed by atoms with Gasteiger partial charge in [-0.3, -0.25) is 9.59 Å². The number of carbonyl (C=O) groups excluding carboxylic acids is 2. The van der Waals surface area contributed by atoms with Gasteiger partial charge in [-0.05, 0) is 30.4 Å². The van der Waals surface area contributed by atoms with Gasteiger partial charge in [0.25, 0.3) is 5.91 Å². The molecule has 0 fully saturated rings. The maximum Gasteiger partial charge on any atom is 0.287 e. The number of sulfonamides is 1. The number of hydrogen-bond acceptors (Lipinski definition) is 5. The first kappa shape index (κ1) is 25.9. The zero-order valence-electron chi connectivity index (χ0n) is 19.5. The highest BCUT2D eigenvalue weighted by atomic mass is 32.2. The van der Waals surface area contributed by atoms with Crippen molar-refractivity contribution in [2.75, 3.05) is 12.3 Å². The Morgan fingerprint density at radius 2 is 1.75 bits per heavy atom. The third-order valence-electron chi connectivity index (χ3n) is 5.29. The number of amides is 2. The average molecular weight is 466 g/mol. The molecule has 0 bridgehead atoms. The van der Waals surface area contributed by atoms with E-state index in [9.17, 15) is 18.0 Å². The molecule has 0 spiro atoms. The van der Waals surface area contributed by atoms with Gasteiger partial charge >= 0.3 is 0 Å². The Balaban J connectivity index is 2.02. The van der Waals surface area contributed by atoms with Gasteiger partial charge in [0, 0.05) is 18.0 Å². The van der Waals surface area contributed by atoms with Gasteiger partial charge in [-0.2, -0.15) is 0 Å². The molecule has 0 unspecified atom stereocenters. The van der Waals surface area contributed by atoms with E-state index in [1.165, 1.54) is 0 Å². The quantitative estimate of drug-likeness (QED) is 0.445. The summed E-state index contributed by atoms with van der Waals surface area (Å²) in [5.74, 6) is -0.813. The second-order valence-corrected chi connectivity index (χ2v) is 10.6. The van der Waals surface area contributed by atoms with Crippen molar-refractivity contribution < 1.29 is 22.4 Å². The van der Waals surface area contributed by atoms with Gasteiger partial charge in [-0.1, -0.05) is 59.2 Å². The van der Waals surface area contributed by atoms with Crippen molar-refractivity contribution >= 4 is 32.8 Å². The Bertz CT molecular complexity index is 981. The normalized spacial score (nSPS) is 14.0. The summed E-state index contributed by atoms with van der Waals surface area (Å²) in [6, 6.07) is 7.76. The van der Waals surface area contributed by atoms with Crippen molar-refractivity contribution in [2.45, 2.75) is 59.5 Å². The summed E-state index contributed by atoms with van der Waals surface area (Å²) < 4.78 is 32.8. The number of carbonyl (C=O) groups is 2. The molecule has 2 aromatic rings. The molecule has 0 aliphatic heterocycles. The van der Waals surface area contributed by atoms with Crippen molar-refractivity contribution in [2.24, 2.45) is 11.8 Å². The van der Waals surface area contributed by atoms with E-state index in [1.54, 1.807) is 26.0 Å². The van der Waals surface area contributed by atoms with Gasteiger partial charge in [0.1, 0.15) is 11.6 Å². The molecule has 0 saturated carbocycles. The van der Waals surface area contributed by atoms with Gasteiger partial charge in [0.2, 0.25) is 15.9 Å². The highest BCUT2D eigenvalue weighted by Gasteiger charge is 2.29. The molecule has 32 heavy (non-hydrogen) atoms. The molecule has 0 saturated heterocycles. The molecule has 0 aliphatic rings. The lowest BCUT2D eigenvalue weighted by Crippen LogP contribution is -2.55. The predicted molar refractivity (Wildman–Crippen MR) is 126 cm³/mol. The number of benzene rings is 1. The zero-order chi connectivity index (χ0) is 23.9. The van der Waals surface area contributed by atoms with Crippen LogP contribution in [0, 0.1) is 11.8 Å². The summed E-state index contributed by atoms with van der Waals surface area (Å²) in [5.41, 5.74) is 0.626. The minimum absolute atomic E-state index is 0.0127. The van der Waals surface area contributed by atoms with Crippen LogP contribution in [0.4, 0.5) is 0 Å². The van der Waals surface area contributed by atoms with Crippen molar-refractivity contribution in [1.82, 2.24) is 15.4 Å². The maximum atomic E-state index is 12.9. The lowest BCUT2D eigenvalue weighted by molar-refractivity contribution is -0.124. The number of hydrogen-bond donors (Lipinski definition) is 3. The fraction of sp³-hybridized carbons (Fsp3) is 0.565. The summed E-state index contributed by atoms with van der Waals surface area (Å²) in [7, 11) is -3.56. The second-order valence-electron chi connectivity index (χ2n) is 8.73. The van der Waals surface area contributed by atoms with Gasteiger partial charge < -0.3 is 15.1 Å². The molecule has 2 atom stereocenters. The molecule has 2 rings (SSSR count). The average Bonchev–Trinajstić information content (AvgIpc) is 3.17. The highest BCUT2D eigenvalue weighted by molar-refractivity contribution is 7.89. The van der Waals surface area contributed by atoms with Crippen LogP contribution in [-0.2, 0) is 14.8 Å². The Morgan fingerprint density at radius 1 is 1.06 bits per heavy atom. The summed E-state index contributed by atoms with van der Waals surface area (Å²) in [4.78, 5) is 25.5. The number of nitrogens with one attached hydrogen (secondary N) is 3. The van der Waals surface area contributed by atoms with E-state index in [4.69, 9.17) is 4.42 Å². The fourth-order valence-electron chi connectivity index (χ4n) is 3.19. The smallest absolute Gasteiger partial charge is 0.287 e. The Hall–Kier alpha value is -2.39. The van der Waals surface area contributed by atoms with Crippen molar-refractivity contribution in [3.8, 4) is 0 Å². The third kappa shape index (κ3) is 7.34. The van der Waals surface area contributed by atoms with Crippen molar-refractivity contribution in [1.29, 1.82) is 0 Å². The minimum atomic E-state index is -3.56. The molecule has 1 aromatic carbocycles. The molecule has 0 radical (unpaired) electrons. The second kappa shape index (κ2) is 11.5. The SMILES string of the molecule is CCCCS(=O)(=O)N[C@H](C(=O)N[C@H](CNC(=O)c1cc2ccccc2o1)C(C)C)C(C)C. The van der Waals surface area contributed by atoms with Crippen LogP contribution < -0.4 is 15.4 Å². The van der Waals surface area contributed by atoms with E-state index >= 15 is 0 Å². The molecular formula is C23H35N3O5S. The van der Waals surface area contributed by atoms with E-state index in [-0.39, 0.29) is 41.8 Å². The van der Waals surface area contributed by atoms with Crippen LogP contribution in [0.5, 0.6) is 0 Å². The minimum Gasteiger partial charge on any atom is -0.451 e. The van der Waals surface area contributed by atoms with Crippen LogP contribution in [0.1, 0.15) is 58.0 Å². The van der Waals surface area contributed by atoms with E-state index in [0.29, 0.717) is 12.0 Å². The Morgan fingerprint density at radius 3 is 2.34 bits per heavy atom. The first-order valence-electron chi connectivity index (χ1n) is 11.1. The monoisotopic (exact) mass is 465 g/mol. The van der Waals surface area contributed by atoms with Gasteiger partial charge in [-0.15, -0.1) is 0 Å². The molecule has 178 valence electrons. The largest absolute Gasteiger partial charge is 0.451 e. The molecule has 9 heteroatoms. The predicted octanol–water partition coefficient (Wildman–Crippen LogP) is 3.05. The standard InChI is InChI=1S/C23H35N3O5S/c1-6-7-12-32(29,30)26-21(16(4)5)23(28)25-18(15(2)3)14-24-22(27)20-13-17-10-8-9-11-19(17)31-20/h8-11,13,15-16,18,21,26H,6-7,12,14H2,1-5H3,(H,24,27)(H,25,28)/t18-,21+/m1/s1. The van der Waals surface area contributed by atoms with Crippen molar-refractivity contribution in [3.05, 3.63) is 36.1 Å². The lowest BCUT2D eigenvalue weighted by Gasteiger charge is -2.27. The van der Waals surface area contributed by atoms with Crippen LogP contribution >= 0.6 is 0 Å². The Labute approximate surface area is 190 Å². The summed E-state index contributed by atoms with van der Waals surface area (Å²) in [6.07, 6.45) is 1.28. The first-order chi connectivity index (χ1) is 15.0. The zero-order valence-corrected chi connectivity index (χ0v) is 20.3. The van der Waals surface area contributed by atoms with Gasteiger partial charge in [0.15, 0.2) is 5.76 Å². The van der Waals surface area contributed by atoms with Crippen LogP contribution in [0.15, 0.2) is 34.7 Å². The van der Waals surface area contributed by atoms with Gasteiger partial charge in [0.05, 0.1) is 5.75 Å². The third-order valence-corrected chi connectivity index (χ3v) is 6.73. The van der Waals surface area contributed by atoms with Crippen LogP contribution in [0.3, 0.4) is 0 Å². The molecule has 2 amide bonds. The molecule has 0 aliphatic carbocycles. The van der Waals surface area contributed by atoms with Crippen molar-refractivity contribution in [3.63, 3.8) is 0 Å². The van der Waals surface area contributed by atoms with E-state index in [2.05, 4.69) is 15.4 Å². The van der Waals surface area contributed by atoms with E-state index in [1.807, 2.05) is 39.0 Å². The van der Waals surface area contributed by atoms with E-state index < -0.39 is 22.0 Å². The molecule has 3 N–H and O–H groups in total. The molecule has 1 aromatic heterocycles. The first-order valence-corrected chi connectivity index (χ1v) is 12.8. The molecule has 1 heterocycles. The maximum absolute atomic E-state index is 12.9. The summed E-state index contributed by atoms with van der Waals surface area (Å²) in [5, 5.41) is 6.54. The number of fused-ring (bicyclic) bond motifs is 1. The number of rotatable bonds is 12. The lowest BCUT2D eigenvalue weighted by atomic mass is 10.0. The summed E-state index contributed by atoms with van der Waals surface area (Å²) in [6.45, 7) is 9.53. The molecule has 8 nitrogen and oxygen atoms in total. The van der Waals surface area contributed by atoms with Crippen LogP contribution in [0.2, 0.25) is 0 Å². The van der Waals surface area contributed by atoms with Gasteiger partial charge in [-0.25, -0.2) is 13.1 Å². The summed E-state index contributed by atoms with van der Waals surface area (Å²) >= 11 is 0. The number of para-hydroxylation sites is 1. The van der Waals surface area contributed by atoms with E-state index in [0.717, 1.165) is 11.8 Å². The highest BCUT2D eigenvalue weighted by Crippen LogP contribution is 2.18.